The largest absolute Gasteiger partial charge is 0.378 e. The van der Waals surface area contributed by atoms with E-state index in [0.29, 0.717) is 55.5 Å². The molecule has 3 aromatic heterocycles. The number of benzene rings is 2. The summed E-state index contributed by atoms with van der Waals surface area (Å²) in [6, 6.07) is 17.9. The van der Waals surface area contributed by atoms with Crippen LogP contribution in [0.2, 0.25) is 0 Å². The number of anilines is 2. The summed E-state index contributed by atoms with van der Waals surface area (Å²) in [6.45, 7) is 5.90. The van der Waals surface area contributed by atoms with Crippen LogP contribution in [-0.2, 0) is 17.0 Å². The van der Waals surface area contributed by atoms with Crippen LogP contribution < -0.4 is 15.1 Å². The Hall–Kier alpha value is -4.82. The SMILES string of the molecule is O=C(NCCSCc1cn(-c2nc(N3CCCCC3)nc(N3CCOCC3)n2)nn1)c1ccccc1-c1ccc(Cn2cccn2)cc1. The van der Waals surface area contributed by atoms with Crippen molar-refractivity contribution in [3.63, 3.8) is 0 Å². The first-order valence-electron chi connectivity index (χ1n) is 16.5. The molecule has 7 rings (SSSR count). The fourth-order valence-electron chi connectivity index (χ4n) is 5.86. The van der Waals surface area contributed by atoms with Crippen LogP contribution in [0.3, 0.4) is 0 Å². The van der Waals surface area contributed by atoms with Gasteiger partial charge in [-0.05, 0) is 48.1 Å². The third-order valence-electron chi connectivity index (χ3n) is 8.40. The minimum Gasteiger partial charge on any atom is -0.378 e. The second kappa shape index (κ2) is 15.4. The molecule has 2 aliphatic rings. The van der Waals surface area contributed by atoms with Crippen molar-refractivity contribution in [2.24, 2.45) is 0 Å². The molecular weight excluding hydrogens is 627 g/mol. The lowest BCUT2D eigenvalue weighted by atomic mass is 9.98. The molecule has 5 aromatic rings. The van der Waals surface area contributed by atoms with Gasteiger partial charge in [-0.2, -0.15) is 36.5 Å². The summed E-state index contributed by atoms with van der Waals surface area (Å²) in [6.07, 6.45) is 9.09. The number of nitrogens with one attached hydrogen (secondary N) is 1. The molecule has 2 fully saturated rings. The predicted octanol–water partition coefficient (Wildman–Crippen LogP) is 3.85. The first-order valence-corrected chi connectivity index (χ1v) is 17.6. The number of piperidine rings is 1. The minimum absolute atomic E-state index is 0.0896. The summed E-state index contributed by atoms with van der Waals surface area (Å²) in [7, 11) is 0. The summed E-state index contributed by atoms with van der Waals surface area (Å²) in [5, 5.41) is 16.1. The molecule has 0 spiro atoms. The Morgan fingerprint density at radius 3 is 2.38 bits per heavy atom. The van der Waals surface area contributed by atoms with Gasteiger partial charge in [-0.1, -0.05) is 47.7 Å². The molecule has 0 unspecified atom stereocenters. The fourth-order valence-corrected chi connectivity index (χ4v) is 6.59. The van der Waals surface area contributed by atoms with E-state index in [1.54, 1.807) is 22.6 Å². The van der Waals surface area contributed by atoms with E-state index in [-0.39, 0.29) is 5.91 Å². The van der Waals surface area contributed by atoms with Crippen molar-refractivity contribution >= 4 is 29.6 Å². The highest BCUT2D eigenvalue weighted by molar-refractivity contribution is 7.98. The van der Waals surface area contributed by atoms with Crippen molar-refractivity contribution in [1.29, 1.82) is 0 Å². The Kier molecular flexibility index (Phi) is 10.2. The van der Waals surface area contributed by atoms with E-state index in [0.717, 1.165) is 67.2 Å². The van der Waals surface area contributed by atoms with E-state index in [1.165, 1.54) is 6.42 Å². The number of carbonyl (C=O) groups is 1. The molecule has 48 heavy (non-hydrogen) atoms. The molecule has 0 saturated carbocycles. The lowest BCUT2D eigenvalue weighted by molar-refractivity contribution is 0.0957. The second-order valence-corrected chi connectivity index (χ2v) is 12.9. The van der Waals surface area contributed by atoms with Crippen molar-refractivity contribution in [2.75, 3.05) is 61.5 Å². The summed E-state index contributed by atoms with van der Waals surface area (Å²) in [4.78, 5) is 32.0. The molecule has 2 aromatic carbocycles. The Bertz CT molecular complexity index is 1750. The number of carbonyl (C=O) groups excluding carboxylic acids is 1. The third-order valence-corrected chi connectivity index (χ3v) is 9.39. The predicted molar refractivity (Wildman–Crippen MR) is 186 cm³/mol. The number of nitrogens with zero attached hydrogens (tertiary/aromatic N) is 10. The molecule has 2 aliphatic heterocycles. The van der Waals surface area contributed by atoms with E-state index in [9.17, 15) is 4.79 Å². The summed E-state index contributed by atoms with van der Waals surface area (Å²) in [5.74, 6) is 3.09. The van der Waals surface area contributed by atoms with Crippen molar-refractivity contribution < 1.29 is 9.53 Å². The first kappa shape index (κ1) is 31.8. The van der Waals surface area contributed by atoms with Gasteiger partial charge in [0.1, 0.15) is 0 Å². The summed E-state index contributed by atoms with van der Waals surface area (Å²) < 4.78 is 9.06. The van der Waals surface area contributed by atoms with Crippen molar-refractivity contribution in [1.82, 2.24) is 45.0 Å². The third kappa shape index (κ3) is 7.82. The van der Waals surface area contributed by atoms with Gasteiger partial charge in [-0.25, -0.2) is 0 Å². The zero-order chi connectivity index (χ0) is 32.5. The number of amides is 1. The molecule has 2 saturated heterocycles. The molecule has 1 amide bonds. The topological polar surface area (TPSA) is 132 Å². The number of hydrogen-bond acceptors (Lipinski definition) is 11. The molecular formula is C34H39N11O2S. The average Bonchev–Trinajstić information content (AvgIpc) is 3.85. The monoisotopic (exact) mass is 665 g/mol. The van der Waals surface area contributed by atoms with Crippen LogP contribution in [0, 0.1) is 0 Å². The Labute approximate surface area is 283 Å². The van der Waals surface area contributed by atoms with E-state index in [2.05, 4.69) is 54.8 Å². The Morgan fingerprint density at radius 1 is 0.854 bits per heavy atom. The van der Waals surface area contributed by atoms with Crippen molar-refractivity contribution in [3.05, 3.63) is 90.0 Å². The summed E-state index contributed by atoms with van der Waals surface area (Å²) >= 11 is 1.69. The average molecular weight is 666 g/mol. The lowest BCUT2D eigenvalue weighted by Crippen LogP contribution is -2.38. The molecule has 14 heteroatoms. The number of morpholine rings is 1. The van der Waals surface area contributed by atoms with Gasteiger partial charge in [-0.15, -0.1) is 5.10 Å². The van der Waals surface area contributed by atoms with Gasteiger partial charge in [0.25, 0.3) is 11.9 Å². The molecule has 0 atom stereocenters. The Balaban J connectivity index is 0.938. The van der Waals surface area contributed by atoms with Gasteiger partial charge in [0.2, 0.25) is 11.9 Å². The van der Waals surface area contributed by atoms with Crippen molar-refractivity contribution in [2.45, 2.75) is 31.6 Å². The van der Waals surface area contributed by atoms with Crippen LogP contribution in [0.25, 0.3) is 17.1 Å². The van der Waals surface area contributed by atoms with Gasteiger partial charge in [0, 0.05) is 62.2 Å². The maximum absolute atomic E-state index is 13.2. The van der Waals surface area contributed by atoms with Gasteiger partial charge < -0.3 is 19.9 Å². The van der Waals surface area contributed by atoms with E-state index >= 15 is 0 Å². The zero-order valence-corrected chi connectivity index (χ0v) is 27.6. The molecule has 1 N–H and O–H groups in total. The highest BCUT2D eigenvalue weighted by Crippen LogP contribution is 2.25. The molecule has 0 aliphatic carbocycles. The van der Waals surface area contributed by atoms with Crippen LogP contribution in [0.1, 0.15) is 40.9 Å². The number of rotatable bonds is 12. The zero-order valence-electron chi connectivity index (χ0n) is 26.8. The standard InChI is InChI=1S/C34H39N11O2S/c46-31(30-8-3-2-7-29(30)27-11-9-26(10-12-27)23-44-17-6-13-36-44)35-14-22-48-25-28-24-45(41-40-28)34-38-32(42-15-4-1-5-16-42)37-33(39-34)43-18-20-47-21-19-43/h2-3,6-13,17,24H,1,4-5,14-16,18-23,25H2,(H,35,46). The molecule has 248 valence electrons. The molecule has 5 heterocycles. The normalized spacial score (nSPS) is 15.1. The fraction of sp³-hybridized carbons (Fsp3) is 0.382. The van der Waals surface area contributed by atoms with Gasteiger partial charge in [-0.3, -0.25) is 9.48 Å². The van der Waals surface area contributed by atoms with Crippen molar-refractivity contribution in [3.8, 4) is 17.1 Å². The highest BCUT2D eigenvalue weighted by atomic mass is 32.2. The van der Waals surface area contributed by atoms with Crippen LogP contribution >= 0.6 is 11.8 Å². The Morgan fingerprint density at radius 2 is 1.60 bits per heavy atom. The quantitative estimate of drug-likeness (QED) is 0.195. The van der Waals surface area contributed by atoms with Gasteiger partial charge in [0.15, 0.2) is 0 Å². The van der Waals surface area contributed by atoms with Crippen LogP contribution in [0.15, 0.2) is 73.2 Å². The number of ether oxygens (including phenoxy) is 1. The van der Waals surface area contributed by atoms with E-state index in [1.807, 2.05) is 47.4 Å². The van der Waals surface area contributed by atoms with Crippen LogP contribution in [0.4, 0.5) is 11.9 Å². The molecule has 13 nitrogen and oxygen atoms in total. The maximum Gasteiger partial charge on any atom is 0.258 e. The smallest absolute Gasteiger partial charge is 0.258 e. The number of hydrogen-bond donors (Lipinski definition) is 1. The highest BCUT2D eigenvalue weighted by Gasteiger charge is 2.22. The van der Waals surface area contributed by atoms with Gasteiger partial charge in [0.05, 0.1) is 31.6 Å². The molecule has 0 bridgehead atoms. The van der Waals surface area contributed by atoms with E-state index in [4.69, 9.17) is 19.7 Å². The minimum atomic E-state index is -0.0896. The second-order valence-electron chi connectivity index (χ2n) is 11.8. The van der Waals surface area contributed by atoms with E-state index < -0.39 is 0 Å². The van der Waals surface area contributed by atoms with Crippen LogP contribution in [0.5, 0.6) is 0 Å². The number of thioether (sulfide) groups is 1. The van der Waals surface area contributed by atoms with Gasteiger partial charge >= 0.3 is 0 Å². The summed E-state index contributed by atoms with van der Waals surface area (Å²) in [5.41, 5.74) is 4.53. The molecule has 0 radical (unpaired) electrons. The lowest BCUT2D eigenvalue weighted by Gasteiger charge is -2.30. The maximum atomic E-state index is 13.2. The van der Waals surface area contributed by atoms with Crippen LogP contribution in [-0.4, -0.2) is 97.3 Å². The number of aromatic nitrogens is 8. The first-order chi connectivity index (χ1) is 23.7.